The second-order valence-electron chi connectivity index (χ2n) is 3.24. The SMILES string of the molecule is CN(CC(F)F)c1ccc(C(=O)O)cc1Cl. The summed E-state index contributed by atoms with van der Waals surface area (Å²) in [5, 5.41) is 8.83. The minimum Gasteiger partial charge on any atom is -0.478 e. The number of nitrogens with zero attached hydrogens (tertiary/aromatic N) is 1. The van der Waals surface area contributed by atoms with E-state index in [9.17, 15) is 13.6 Å². The van der Waals surface area contributed by atoms with Crippen LogP contribution in [-0.2, 0) is 0 Å². The predicted octanol–water partition coefficient (Wildman–Crippen LogP) is 2.74. The van der Waals surface area contributed by atoms with E-state index in [-0.39, 0.29) is 10.6 Å². The third-order valence-electron chi connectivity index (χ3n) is 2.02. The molecule has 0 aliphatic heterocycles. The van der Waals surface area contributed by atoms with Crippen molar-refractivity contribution in [2.24, 2.45) is 0 Å². The average Bonchev–Trinajstić information content (AvgIpc) is 2.15. The first kappa shape index (κ1) is 12.7. The number of alkyl halides is 2. The highest BCUT2D eigenvalue weighted by atomic mass is 35.5. The predicted molar refractivity (Wildman–Crippen MR) is 57.7 cm³/mol. The van der Waals surface area contributed by atoms with Gasteiger partial charge in [0.1, 0.15) is 0 Å². The highest BCUT2D eigenvalue weighted by Gasteiger charge is 2.13. The van der Waals surface area contributed by atoms with Crippen molar-refractivity contribution in [1.82, 2.24) is 0 Å². The van der Waals surface area contributed by atoms with Crippen LogP contribution in [0.25, 0.3) is 0 Å². The van der Waals surface area contributed by atoms with E-state index in [4.69, 9.17) is 16.7 Å². The summed E-state index contributed by atoms with van der Waals surface area (Å²) < 4.78 is 24.3. The number of benzene rings is 1. The Kier molecular flexibility index (Phi) is 4.06. The second-order valence-corrected chi connectivity index (χ2v) is 3.65. The van der Waals surface area contributed by atoms with Crippen molar-refractivity contribution in [3.05, 3.63) is 28.8 Å². The summed E-state index contributed by atoms with van der Waals surface area (Å²) in [7, 11) is 1.47. The van der Waals surface area contributed by atoms with E-state index >= 15 is 0 Å². The molecule has 1 aromatic rings. The fourth-order valence-electron chi connectivity index (χ4n) is 1.25. The van der Waals surface area contributed by atoms with Crippen molar-refractivity contribution in [2.75, 3.05) is 18.5 Å². The van der Waals surface area contributed by atoms with E-state index in [1.54, 1.807) is 0 Å². The Hall–Kier alpha value is -1.36. The van der Waals surface area contributed by atoms with Crippen molar-refractivity contribution in [3.63, 3.8) is 0 Å². The molecule has 0 radical (unpaired) electrons. The van der Waals surface area contributed by atoms with Crippen LogP contribution in [0.4, 0.5) is 14.5 Å². The van der Waals surface area contributed by atoms with Gasteiger partial charge in [0.2, 0.25) is 0 Å². The topological polar surface area (TPSA) is 40.5 Å². The van der Waals surface area contributed by atoms with Crippen molar-refractivity contribution in [2.45, 2.75) is 6.43 Å². The molecule has 6 heteroatoms. The largest absolute Gasteiger partial charge is 0.478 e. The zero-order valence-corrected chi connectivity index (χ0v) is 9.21. The normalized spacial score (nSPS) is 10.6. The van der Waals surface area contributed by atoms with Gasteiger partial charge in [-0.05, 0) is 18.2 Å². The van der Waals surface area contributed by atoms with Crippen molar-refractivity contribution in [1.29, 1.82) is 0 Å². The lowest BCUT2D eigenvalue weighted by Gasteiger charge is -2.20. The van der Waals surface area contributed by atoms with Gasteiger partial charge >= 0.3 is 5.97 Å². The molecule has 0 amide bonds. The van der Waals surface area contributed by atoms with Gasteiger partial charge in [-0.3, -0.25) is 0 Å². The Morgan fingerprint density at radius 3 is 2.62 bits per heavy atom. The lowest BCUT2D eigenvalue weighted by molar-refractivity contribution is 0.0697. The highest BCUT2D eigenvalue weighted by molar-refractivity contribution is 6.33. The van der Waals surface area contributed by atoms with E-state index in [1.165, 1.54) is 30.1 Å². The summed E-state index contributed by atoms with van der Waals surface area (Å²) in [6.45, 7) is -0.452. The third kappa shape index (κ3) is 3.06. The van der Waals surface area contributed by atoms with Crippen LogP contribution >= 0.6 is 11.6 Å². The molecule has 0 fully saturated rings. The maximum Gasteiger partial charge on any atom is 0.335 e. The molecule has 0 saturated heterocycles. The van der Waals surface area contributed by atoms with Crippen LogP contribution in [0, 0.1) is 0 Å². The van der Waals surface area contributed by atoms with Crippen molar-refractivity contribution < 1.29 is 18.7 Å². The number of carbonyl (C=O) groups is 1. The van der Waals surface area contributed by atoms with Crippen molar-refractivity contribution >= 4 is 23.3 Å². The summed E-state index contributed by atoms with van der Waals surface area (Å²) in [5.74, 6) is -1.11. The average molecular weight is 250 g/mol. The molecular weight excluding hydrogens is 240 g/mol. The number of halogens is 3. The van der Waals surface area contributed by atoms with Gasteiger partial charge in [0.25, 0.3) is 6.43 Å². The number of hydrogen-bond acceptors (Lipinski definition) is 2. The smallest absolute Gasteiger partial charge is 0.335 e. The number of rotatable bonds is 4. The van der Waals surface area contributed by atoms with Gasteiger partial charge < -0.3 is 10.0 Å². The van der Waals surface area contributed by atoms with E-state index in [2.05, 4.69) is 0 Å². The molecule has 0 saturated carbocycles. The zero-order chi connectivity index (χ0) is 12.3. The molecule has 0 aliphatic carbocycles. The number of carboxylic acids is 1. The van der Waals surface area contributed by atoms with E-state index in [0.717, 1.165) is 0 Å². The van der Waals surface area contributed by atoms with Gasteiger partial charge in [-0.1, -0.05) is 11.6 Å². The lowest BCUT2D eigenvalue weighted by Crippen LogP contribution is -2.24. The summed E-state index contributed by atoms with van der Waals surface area (Å²) in [5.41, 5.74) is 0.408. The molecule has 16 heavy (non-hydrogen) atoms. The summed E-state index contributed by atoms with van der Waals surface area (Å²) in [6, 6.07) is 3.97. The molecule has 0 heterocycles. The molecule has 0 bridgehead atoms. The molecule has 3 nitrogen and oxygen atoms in total. The Bertz CT molecular complexity index is 398. The van der Waals surface area contributed by atoms with Crippen LogP contribution < -0.4 is 4.90 Å². The number of carboxylic acid groups (broad SMARTS) is 1. The zero-order valence-electron chi connectivity index (χ0n) is 8.45. The molecule has 0 unspecified atom stereocenters. The minimum atomic E-state index is -2.47. The fourth-order valence-corrected chi connectivity index (χ4v) is 1.58. The Morgan fingerprint density at radius 1 is 1.56 bits per heavy atom. The fraction of sp³-hybridized carbons (Fsp3) is 0.300. The Labute approximate surface area is 96.2 Å². The van der Waals surface area contributed by atoms with Crippen LogP contribution in [0.1, 0.15) is 10.4 Å². The summed E-state index contributed by atoms with van der Waals surface area (Å²) in [4.78, 5) is 11.9. The maximum atomic E-state index is 12.1. The van der Waals surface area contributed by atoms with Gasteiger partial charge in [-0.2, -0.15) is 0 Å². The minimum absolute atomic E-state index is 0.0270. The molecule has 1 N–H and O–H groups in total. The van der Waals surface area contributed by atoms with Gasteiger partial charge in [0.05, 0.1) is 22.8 Å². The van der Waals surface area contributed by atoms with E-state index in [1.807, 2.05) is 0 Å². The van der Waals surface area contributed by atoms with Gasteiger partial charge in [0, 0.05) is 7.05 Å². The van der Waals surface area contributed by atoms with Crippen molar-refractivity contribution in [3.8, 4) is 0 Å². The monoisotopic (exact) mass is 249 g/mol. The third-order valence-corrected chi connectivity index (χ3v) is 2.32. The molecule has 0 aromatic heterocycles. The first-order chi connectivity index (χ1) is 7.41. The number of anilines is 1. The van der Waals surface area contributed by atoms with Crippen LogP contribution in [0.15, 0.2) is 18.2 Å². The number of hydrogen-bond donors (Lipinski definition) is 1. The van der Waals surface area contributed by atoms with E-state index < -0.39 is 18.9 Å². The molecule has 88 valence electrons. The van der Waals surface area contributed by atoms with Crippen LogP contribution in [-0.4, -0.2) is 31.1 Å². The summed E-state index contributed by atoms with van der Waals surface area (Å²) in [6.07, 6.45) is -2.47. The molecule has 0 aliphatic rings. The highest BCUT2D eigenvalue weighted by Crippen LogP contribution is 2.26. The molecule has 1 aromatic carbocycles. The Morgan fingerprint density at radius 2 is 2.19 bits per heavy atom. The van der Waals surface area contributed by atoms with E-state index in [0.29, 0.717) is 5.69 Å². The molecule has 0 atom stereocenters. The summed E-state index contributed by atoms with van der Waals surface area (Å²) >= 11 is 5.80. The van der Waals surface area contributed by atoms with Gasteiger partial charge in [-0.25, -0.2) is 13.6 Å². The van der Waals surface area contributed by atoms with Crippen LogP contribution in [0.3, 0.4) is 0 Å². The van der Waals surface area contributed by atoms with Gasteiger partial charge in [-0.15, -0.1) is 0 Å². The first-order valence-corrected chi connectivity index (χ1v) is 4.81. The quantitative estimate of drug-likeness (QED) is 0.892. The Balaban J connectivity index is 2.94. The first-order valence-electron chi connectivity index (χ1n) is 4.44. The van der Waals surface area contributed by atoms with Crippen LogP contribution in [0.2, 0.25) is 5.02 Å². The standard InChI is InChI=1S/C10H10ClF2NO2/c1-14(5-9(12)13)8-3-2-6(10(15)16)4-7(8)11/h2-4,9H,5H2,1H3,(H,15,16). The molecular formula is C10H10ClF2NO2. The lowest BCUT2D eigenvalue weighted by atomic mass is 10.2. The maximum absolute atomic E-state index is 12.1. The second kappa shape index (κ2) is 5.12. The van der Waals surface area contributed by atoms with Crippen LogP contribution in [0.5, 0.6) is 0 Å². The number of aromatic carboxylic acids is 1. The molecule has 0 spiro atoms. The van der Waals surface area contributed by atoms with Gasteiger partial charge in [0.15, 0.2) is 0 Å². The molecule has 1 rings (SSSR count).